The summed E-state index contributed by atoms with van der Waals surface area (Å²) in [6.45, 7) is -0.670. The summed E-state index contributed by atoms with van der Waals surface area (Å²) in [6.07, 6.45) is -5.46. The minimum absolute atomic E-state index is 0.0663. The first kappa shape index (κ1) is 17.1. The Kier molecular flexibility index (Phi) is 4.25. The Bertz CT molecular complexity index is 812. The molecule has 1 fully saturated rings. The normalized spacial score (nSPS) is 27.9. The molecule has 0 saturated carbocycles. The Hall–Kier alpha value is -1.73. The van der Waals surface area contributed by atoms with E-state index in [1.54, 1.807) is 0 Å². The third kappa shape index (κ3) is 3.10. The number of hydrogen-bond acceptors (Lipinski definition) is 9. The number of imidazole rings is 1. The zero-order valence-electron chi connectivity index (χ0n) is 11.8. The van der Waals surface area contributed by atoms with Crippen molar-refractivity contribution in [1.29, 1.82) is 0 Å². The Morgan fingerprint density at radius 3 is 2.75 bits per heavy atom. The molecule has 14 heteroatoms. The van der Waals surface area contributed by atoms with Crippen LogP contribution >= 0.6 is 7.82 Å². The van der Waals surface area contributed by atoms with Crippen LogP contribution in [0.1, 0.15) is 6.23 Å². The molecule has 4 atom stereocenters. The van der Waals surface area contributed by atoms with Crippen molar-refractivity contribution in [2.45, 2.75) is 24.5 Å². The summed E-state index contributed by atoms with van der Waals surface area (Å²) in [6, 6.07) is 0. The summed E-state index contributed by atoms with van der Waals surface area (Å²) in [7, 11) is -4.78. The largest absolute Gasteiger partial charge is 0.469 e. The van der Waals surface area contributed by atoms with Crippen LogP contribution in [0.25, 0.3) is 11.2 Å². The third-order valence-corrected chi connectivity index (χ3v) is 3.92. The number of hydrogen-bond donors (Lipinski definition) is 5. The molecule has 1 aliphatic rings. The van der Waals surface area contributed by atoms with Crippen LogP contribution in [0.2, 0.25) is 0 Å². The quantitative estimate of drug-likeness (QED) is 0.307. The number of phosphoric acid groups is 1. The van der Waals surface area contributed by atoms with Gasteiger partial charge < -0.3 is 30.5 Å². The maximum atomic E-state index is 13.3. The number of aliphatic hydroxyl groups is 2. The standard InChI is InChI=1S/C10H13FN5O7P/c11-10-14-7(12)4-8(15-10)16(2-13-4)9-6(18)5(17)3(23-9)1-22-24(19,20)21/h2-3,5-6,9,17-18H,1H2,(H2,12,14,15)(H2,19,20,21)/t3-,5-,6+,9-/m1/s1/i11-1. The number of aliphatic hydroxyl groups excluding tert-OH is 2. The maximum absolute atomic E-state index is 13.3. The van der Waals surface area contributed by atoms with Crippen LogP contribution in [-0.4, -0.2) is 64.4 Å². The molecule has 3 heterocycles. The molecule has 0 aromatic carbocycles. The van der Waals surface area contributed by atoms with E-state index in [2.05, 4.69) is 19.5 Å². The second kappa shape index (κ2) is 5.97. The topological polar surface area (TPSA) is 186 Å². The van der Waals surface area contributed by atoms with Crippen LogP contribution in [0, 0.1) is 6.08 Å². The predicted octanol–water partition coefficient (Wildman–Crippen LogP) is -1.72. The number of nitrogen functional groups attached to an aromatic ring is 1. The van der Waals surface area contributed by atoms with Crippen LogP contribution in [0.4, 0.5) is 10.2 Å². The van der Waals surface area contributed by atoms with Gasteiger partial charge in [0.1, 0.15) is 18.3 Å². The SMILES string of the molecule is Nc1nc([18F])nc2c1ncn2[C@@H]1O[C@H](COP(=O)(O)O)[C@@H](O)[C@@H]1O. The first-order valence-corrected chi connectivity index (χ1v) is 8.07. The summed E-state index contributed by atoms with van der Waals surface area (Å²) < 4.78 is 34.8. The number of nitrogens with zero attached hydrogens (tertiary/aromatic N) is 4. The van der Waals surface area contributed by atoms with Gasteiger partial charge in [0.05, 0.1) is 12.9 Å². The van der Waals surface area contributed by atoms with Crippen molar-refractivity contribution in [3.05, 3.63) is 12.4 Å². The van der Waals surface area contributed by atoms with Crippen molar-refractivity contribution in [3.63, 3.8) is 0 Å². The van der Waals surface area contributed by atoms with E-state index in [4.69, 9.17) is 20.3 Å². The molecule has 1 aliphatic heterocycles. The lowest BCUT2D eigenvalue weighted by Crippen LogP contribution is -2.33. The van der Waals surface area contributed by atoms with E-state index < -0.39 is 45.0 Å². The summed E-state index contributed by atoms with van der Waals surface area (Å²) >= 11 is 0. The third-order valence-electron chi connectivity index (χ3n) is 3.44. The maximum Gasteiger partial charge on any atom is 0.469 e. The van der Waals surface area contributed by atoms with Crippen LogP contribution in [-0.2, 0) is 13.8 Å². The number of ether oxygens (including phenoxy) is 1. The molecule has 0 radical (unpaired) electrons. The highest BCUT2D eigenvalue weighted by molar-refractivity contribution is 7.46. The van der Waals surface area contributed by atoms with E-state index in [9.17, 15) is 19.2 Å². The molecule has 0 unspecified atom stereocenters. The Morgan fingerprint density at radius 1 is 1.38 bits per heavy atom. The number of phosphoric ester groups is 1. The van der Waals surface area contributed by atoms with E-state index in [0.29, 0.717) is 0 Å². The molecule has 6 N–H and O–H groups in total. The first-order chi connectivity index (χ1) is 11.2. The number of nitrogens with two attached hydrogens (primary N) is 1. The zero-order valence-corrected chi connectivity index (χ0v) is 12.7. The summed E-state index contributed by atoms with van der Waals surface area (Å²) in [5, 5.41) is 20.0. The van der Waals surface area contributed by atoms with E-state index >= 15 is 0 Å². The average molecular weight is 364 g/mol. The molecular formula is C10H13FN5O7P. The van der Waals surface area contributed by atoms with Gasteiger partial charge in [0, 0.05) is 0 Å². The van der Waals surface area contributed by atoms with Crippen molar-refractivity contribution in [1.82, 2.24) is 19.5 Å². The van der Waals surface area contributed by atoms with Gasteiger partial charge in [-0.15, -0.1) is 0 Å². The summed E-state index contributed by atoms with van der Waals surface area (Å²) in [4.78, 5) is 28.1. The van der Waals surface area contributed by atoms with Crippen LogP contribution in [0.15, 0.2) is 6.33 Å². The Balaban J connectivity index is 1.89. The van der Waals surface area contributed by atoms with Crippen molar-refractivity contribution >= 4 is 24.8 Å². The minimum atomic E-state index is -4.78. The van der Waals surface area contributed by atoms with Crippen LogP contribution < -0.4 is 5.73 Å². The monoisotopic (exact) mass is 364 g/mol. The van der Waals surface area contributed by atoms with Crippen LogP contribution in [0.3, 0.4) is 0 Å². The van der Waals surface area contributed by atoms with Crippen molar-refractivity contribution < 1.29 is 38.2 Å². The number of rotatable bonds is 4. The lowest BCUT2D eigenvalue weighted by atomic mass is 10.1. The van der Waals surface area contributed by atoms with Crippen molar-refractivity contribution in [2.75, 3.05) is 12.3 Å². The van der Waals surface area contributed by atoms with Crippen molar-refractivity contribution in [3.8, 4) is 0 Å². The van der Waals surface area contributed by atoms with Gasteiger partial charge in [0.2, 0.25) is 0 Å². The number of anilines is 1. The average Bonchev–Trinajstić information content (AvgIpc) is 3.00. The molecule has 1 saturated heterocycles. The van der Waals surface area contributed by atoms with E-state index in [-0.39, 0.29) is 17.0 Å². The fourth-order valence-electron chi connectivity index (χ4n) is 2.36. The van der Waals surface area contributed by atoms with E-state index in [0.717, 1.165) is 10.9 Å². The molecule has 0 bridgehead atoms. The van der Waals surface area contributed by atoms with Gasteiger partial charge in [-0.2, -0.15) is 14.4 Å². The zero-order chi connectivity index (χ0) is 17.6. The smallest absolute Gasteiger partial charge is 0.387 e. The minimum Gasteiger partial charge on any atom is -0.387 e. The van der Waals surface area contributed by atoms with Gasteiger partial charge in [-0.1, -0.05) is 0 Å². The van der Waals surface area contributed by atoms with Crippen LogP contribution in [0.5, 0.6) is 0 Å². The lowest BCUT2D eigenvalue weighted by molar-refractivity contribution is -0.0504. The Labute approximate surface area is 132 Å². The molecular weight excluding hydrogens is 351 g/mol. The fraction of sp³-hybridized carbons (Fsp3) is 0.500. The highest BCUT2D eigenvalue weighted by atomic mass is 31.2. The summed E-state index contributed by atoms with van der Waals surface area (Å²) in [5.74, 6) is -0.217. The number of aromatic nitrogens is 4. The van der Waals surface area contributed by atoms with Gasteiger partial charge >= 0.3 is 13.9 Å². The molecule has 2 aromatic rings. The fourth-order valence-corrected chi connectivity index (χ4v) is 2.71. The van der Waals surface area contributed by atoms with Gasteiger partial charge in [-0.3, -0.25) is 9.09 Å². The predicted molar refractivity (Wildman–Crippen MR) is 73.6 cm³/mol. The van der Waals surface area contributed by atoms with E-state index in [1.807, 2.05) is 0 Å². The lowest BCUT2D eigenvalue weighted by Gasteiger charge is -2.16. The molecule has 0 aliphatic carbocycles. The highest BCUT2D eigenvalue weighted by Crippen LogP contribution is 2.38. The second-order valence-corrected chi connectivity index (χ2v) is 6.27. The summed E-state index contributed by atoms with van der Waals surface area (Å²) in [5.41, 5.74) is 5.52. The molecule has 3 rings (SSSR count). The molecule has 2 aromatic heterocycles. The number of halogens is 1. The van der Waals surface area contributed by atoms with Gasteiger partial charge in [0.15, 0.2) is 23.2 Å². The highest BCUT2D eigenvalue weighted by Gasteiger charge is 2.45. The number of fused-ring (bicyclic) bond motifs is 1. The first-order valence-electron chi connectivity index (χ1n) is 6.54. The molecule has 132 valence electrons. The van der Waals surface area contributed by atoms with Gasteiger partial charge in [0.25, 0.3) is 0 Å². The molecule has 12 nitrogen and oxygen atoms in total. The van der Waals surface area contributed by atoms with Gasteiger partial charge in [-0.05, 0) is 0 Å². The Morgan fingerprint density at radius 2 is 2.08 bits per heavy atom. The van der Waals surface area contributed by atoms with E-state index in [1.165, 1.54) is 0 Å². The molecule has 0 amide bonds. The molecule has 24 heavy (non-hydrogen) atoms. The second-order valence-electron chi connectivity index (χ2n) is 5.03. The van der Waals surface area contributed by atoms with Crippen molar-refractivity contribution in [2.24, 2.45) is 0 Å². The molecule has 0 spiro atoms. The van der Waals surface area contributed by atoms with Gasteiger partial charge in [-0.25, -0.2) is 9.55 Å².